The summed E-state index contributed by atoms with van der Waals surface area (Å²) >= 11 is 1.54. The molecule has 2 rings (SSSR count). The first kappa shape index (κ1) is 17.1. The number of pyridine rings is 1. The molecule has 2 aromatic rings. The van der Waals surface area contributed by atoms with Crippen LogP contribution in [0.1, 0.15) is 15.9 Å². The average Bonchev–Trinajstić information content (AvgIpc) is 2.61. The summed E-state index contributed by atoms with van der Waals surface area (Å²) in [5.74, 6) is 1.33. The number of thioether (sulfide) groups is 1. The SMILES string of the molecule is COc1ccc(CN(C)C(=O)c2ccc(SC)nc2)c(OC)c1. The number of carbonyl (C=O) groups is 1. The van der Waals surface area contributed by atoms with Crippen molar-refractivity contribution in [3.63, 3.8) is 0 Å². The Labute approximate surface area is 140 Å². The van der Waals surface area contributed by atoms with E-state index >= 15 is 0 Å². The van der Waals surface area contributed by atoms with Crippen LogP contribution >= 0.6 is 11.8 Å². The average molecular weight is 332 g/mol. The fraction of sp³-hybridized carbons (Fsp3) is 0.294. The summed E-state index contributed by atoms with van der Waals surface area (Å²) < 4.78 is 10.6. The van der Waals surface area contributed by atoms with Crippen molar-refractivity contribution in [2.75, 3.05) is 27.5 Å². The van der Waals surface area contributed by atoms with Crippen molar-refractivity contribution in [2.45, 2.75) is 11.6 Å². The van der Waals surface area contributed by atoms with Crippen LogP contribution in [-0.2, 0) is 6.54 Å². The highest BCUT2D eigenvalue weighted by Crippen LogP contribution is 2.25. The Bertz CT molecular complexity index is 674. The van der Waals surface area contributed by atoms with Crippen molar-refractivity contribution < 1.29 is 14.3 Å². The van der Waals surface area contributed by atoms with E-state index in [1.165, 1.54) is 0 Å². The molecule has 6 heteroatoms. The Morgan fingerprint density at radius 2 is 2.00 bits per heavy atom. The summed E-state index contributed by atoms with van der Waals surface area (Å²) in [7, 11) is 4.97. The number of nitrogens with zero attached hydrogens (tertiary/aromatic N) is 2. The molecule has 0 aliphatic heterocycles. The van der Waals surface area contributed by atoms with Crippen molar-refractivity contribution in [2.24, 2.45) is 0 Å². The topological polar surface area (TPSA) is 51.7 Å². The smallest absolute Gasteiger partial charge is 0.255 e. The number of aromatic nitrogens is 1. The maximum absolute atomic E-state index is 12.5. The van der Waals surface area contributed by atoms with Crippen molar-refractivity contribution in [1.82, 2.24) is 9.88 Å². The minimum Gasteiger partial charge on any atom is -0.497 e. The molecular formula is C17H20N2O3S. The molecule has 1 aromatic carbocycles. The number of hydrogen-bond donors (Lipinski definition) is 0. The zero-order valence-electron chi connectivity index (χ0n) is 13.7. The maximum atomic E-state index is 12.5. The van der Waals surface area contributed by atoms with Crippen molar-refractivity contribution in [1.29, 1.82) is 0 Å². The maximum Gasteiger partial charge on any atom is 0.255 e. The lowest BCUT2D eigenvalue weighted by molar-refractivity contribution is 0.0783. The predicted molar refractivity (Wildman–Crippen MR) is 91.4 cm³/mol. The number of carbonyl (C=O) groups excluding carboxylic acids is 1. The van der Waals surface area contributed by atoms with E-state index in [1.807, 2.05) is 30.5 Å². The number of ether oxygens (including phenoxy) is 2. The lowest BCUT2D eigenvalue weighted by Crippen LogP contribution is -2.26. The van der Waals surface area contributed by atoms with Gasteiger partial charge in [0.2, 0.25) is 0 Å². The molecule has 0 fully saturated rings. The van der Waals surface area contributed by atoms with Crippen molar-refractivity contribution in [3.05, 3.63) is 47.7 Å². The normalized spacial score (nSPS) is 10.3. The second-order valence-electron chi connectivity index (χ2n) is 4.93. The number of rotatable bonds is 6. The third-order valence-corrected chi connectivity index (χ3v) is 4.10. The summed E-state index contributed by atoms with van der Waals surface area (Å²) in [6.45, 7) is 0.441. The van der Waals surface area contributed by atoms with Crippen LogP contribution in [0.3, 0.4) is 0 Å². The molecule has 0 aliphatic rings. The molecule has 1 heterocycles. The number of hydrogen-bond acceptors (Lipinski definition) is 5. The number of benzene rings is 1. The summed E-state index contributed by atoms with van der Waals surface area (Å²) in [6.07, 6.45) is 3.56. The largest absolute Gasteiger partial charge is 0.497 e. The zero-order valence-corrected chi connectivity index (χ0v) is 14.5. The van der Waals surface area contributed by atoms with E-state index in [9.17, 15) is 4.79 Å². The first-order chi connectivity index (χ1) is 11.1. The Balaban J connectivity index is 2.14. The van der Waals surface area contributed by atoms with Gasteiger partial charge in [-0.2, -0.15) is 0 Å². The molecule has 23 heavy (non-hydrogen) atoms. The minimum atomic E-state index is -0.0805. The van der Waals surface area contributed by atoms with Gasteiger partial charge >= 0.3 is 0 Å². The minimum absolute atomic E-state index is 0.0805. The van der Waals surface area contributed by atoms with Gasteiger partial charge in [0, 0.05) is 31.4 Å². The highest BCUT2D eigenvalue weighted by molar-refractivity contribution is 7.98. The van der Waals surface area contributed by atoms with Crippen LogP contribution in [0.4, 0.5) is 0 Å². The van der Waals surface area contributed by atoms with Gasteiger partial charge in [-0.25, -0.2) is 4.98 Å². The molecule has 0 unspecified atom stereocenters. The summed E-state index contributed by atoms with van der Waals surface area (Å²) in [5.41, 5.74) is 1.48. The fourth-order valence-corrected chi connectivity index (χ4v) is 2.52. The Hall–Kier alpha value is -2.21. The Morgan fingerprint density at radius 1 is 1.22 bits per heavy atom. The zero-order chi connectivity index (χ0) is 16.8. The van der Waals surface area contributed by atoms with Crippen LogP contribution in [0.25, 0.3) is 0 Å². The van der Waals surface area contributed by atoms with Gasteiger partial charge in [-0.05, 0) is 30.5 Å². The van der Waals surface area contributed by atoms with Crippen LogP contribution < -0.4 is 9.47 Å². The van der Waals surface area contributed by atoms with E-state index in [2.05, 4.69) is 4.98 Å². The Morgan fingerprint density at radius 3 is 2.57 bits per heavy atom. The van der Waals surface area contributed by atoms with E-state index in [0.29, 0.717) is 17.9 Å². The summed E-state index contributed by atoms with van der Waals surface area (Å²) in [4.78, 5) is 18.4. The third kappa shape index (κ3) is 4.16. The molecule has 5 nitrogen and oxygen atoms in total. The first-order valence-corrected chi connectivity index (χ1v) is 8.28. The molecule has 1 aromatic heterocycles. The number of amides is 1. The van der Waals surface area contributed by atoms with E-state index < -0.39 is 0 Å². The van der Waals surface area contributed by atoms with E-state index in [-0.39, 0.29) is 5.91 Å². The molecule has 0 saturated carbocycles. The lowest BCUT2D eigenvalue weighted by atomic mass is 10.1. The predicted octanol–water partition coefficient (Wildman–Crippen LogP) is 3.09. The van der Waals surface area contributed by atoms with Crippen LogP contribution in [-0.4, -0.2) is 43.3 Å². The molecule has 122 valence electrons. The van der Waals surface area contributed by atoms with E-state index in [4.69, 9.17) is 9.47 Å². The van der Waals surface area contributed by atoms with Crippen molar-refractivity contribution >= 4 is 17.7 Å². The molecule has 0 atom stereocenters. The Kier molecular flexibility index (Phi) is 5.87. The van der Waals surface area contributed by atoms with Gasteiger partial charge in [-0.15, -0.1) is 11.8 Å². The molecule has 0 radical (unpaired) electrons. The monoisotopic (exact) mass is 332 g/mol. The molecule has 1 amide bonds. The highest BCUT2D eigenvalue weighted by Gasteiger charge is 2.15. The molecule has 0 aliphatic carbocycles. The van der Waals surface area contributed by atoms with Gasteiger partial charge in [-0.1, -0.05) is 0 Å². The molecule has 0 bridgehead atoms. The second kappa shape index (κ2) is 7.87. The quantitative estimate of drug-likeness (QED) is 0.761. The molecular weight excluding hydrogens is 312 g/mol. The third-order valence-electron chi connectivity index (χ3n) is 3.44. The van der Waals surface area contributed by atoms with Gasteiger partial charge < -0.3 is 14.4 Å². The van der Waals surface area contributed by atoms with Crippen LogP contribution in [0, 0.1) is 0 Å². The summed E-state index contributed by atoms with van der Waals surface area (Å²) in [5, 5.41) is 0.890. The number of methoxy groups -OCH3 is 2. The molecule has 0 N–H and O–H groups in total. The second-order valence-corrected chi connectivity index (χ2v) is 5.75. The molecule has 0 spiro atoms. The van der Waals surface area contributed by atoms with E-state index in [1.54, 1.807) is 50.2 Å². The van der Waals surface area contributed by atoms with Crippen LogP contribution in [0.5, 0.6) is 11.5 Å². The van der Waals surface area contributed by atoms with Gasteiger partial charge in [0.25, 0.3) is 5.91 Å². The van der Waals surface area contributed by atoms with Crippen LogP contribution in [0.15, 0.2) is 41.6 Å². The van der Waals surface area contributed by atoms with Gasteiger partial charge in [-0.3, -0.25) is 4.79 Å². The van der Waals surface area contributed by atoms with Crippen LogP contribution in [0.2, 0.25) is 0 Å². The fourth-order valence-electron chi connectivity index (χ4n) is 2.16. The first-order valence-electron chi connectivity index (χ1n) is 7.05. The van der Waals surface area contributed by atoms with E-state index in [0.717, 1.165) is 16.3 Å². The van der Waals surface area contributed by atoms with Gasteiger partial charge in [0.1, 0.15) is 11.5 Å². The highest BCUT2D eigenvalue weighted by atomic mass is 32.2. The van der Waals surface area contributed by atoms with Gasteiger partial charge in [0.05, 0.1) is 24.8 Å². The lowest BCUT2D eigenvalue weighted by Gasteiger charge is -2.19. The standard InChI is InChI=1S/C17H20N2O3S/c1-19(17(20)12-6-8-16(23-4)18-10-12)11-13-5-7-14(21-2)9-15(13)22-3/h5-10H,11H2,1-4H3. The van der Waals surface area contributed by atoms with Gasteiger partial charge in [0.15, 0.2) is 0 Å². The van der Waals surface area contributed by atoms with Crippen molar-refractivity contribution in [3.8, 4) is 11.5 Å². The summed E-state index contributed by atoms with van der Waals surface area (Å²) in [6, 6.07) is 9.20. The molecule has 0 saturated heterocycles.